The van der Waals surface area contributed by atoms with E-state index in [4.69, 9.17) is 5.53 Å². The average molecular weight is 428 g/mol. The van der Waals surface area contributed by atoms with Crippen molar-refractivity contribution in [1.82, 2.24) is 0 Å². The number of hydrogen-bond acceptors (Lipinski definition) is 3. The first kappa shape index (κ1) is 18.5. The van der Waals surface area contributed by atoms with Crippen molar-refractivity contribution in [3.8, 4) is 10.8 Å². The number of azide groups is 1. The van der Waals surface area contributed by atoms with Gasteiger partial charge in [0.25, 0.3) is 0 Å². The molecule has 140 valence electrons. The second kappa shape index (κ2) is 6.65. The van der Waals surface area contributed by atoms with Crippen molar-refractivity contribution in [2.75, 3.05) is 0 Å². The number of nitrogens with zero attached hydrogens (tertiary/aromatic N) is 3. The monoisotopic (exact) mass is 427 g/mol. The first-order valence-corrected chi connectivity index (χ1v) is 10.4. The maximum atomic E-state index is 12.6. The number of ketones is 2. The topological polar surface area (TPSA) is 82.9 Å². The second-order valence-corrected chi connectivity index (χ2v) is 8.97. The van der Waals surface area contributed by atoms with E-state index < -0.39 is 0 Å². The lowest BCUT2D eigenvalue weighted by Gasteiger charge is -2.57. The molecule has 0 aromatic rings. The van der Waals surface area contributed by atoms with Crippen LogP contribution in [-0.2, 0) is 9.59 Å². The Bertz CT molecular complexity index is 876. The smallest absolute Gasteiger partial charge is 0.178 e. The van der Waals surface area contributed by atoms with Crippen LogP contribution in [0.5, 0.6) is 0 Å². The van der Waals surface area contributed by atoms with Gasteiger partial charge in [0.15, 0.2) is 5.78 Å². The number of fused-ring (bicyclic) bond motifs is 5. The Kier molecular flexibility index (Phi) is 4.56. The van der Waals surface area contributed by atoms with Crippen LogP contribution in [0.2, 0.25) is 0 Å². The lowest BCUT2D eigenvalue weighted by Crippen LogP contribution is -2.53. The molecule has 0 amide bonds. The Balaban J connectivity index is 1.85. The summed E-state index contributed by atoms with van der Waals surface area (Å²) < 4.78 is 0. The van der Waals surface area contributed by atoms with E-state index in [0.29, 0.717) is 36.4 Å². The van der Waals surface area contributed by atoms with Crippen LogP contribution >= 0.6 is 15.9 Å². The molecule has 0 spiro atoms. The summed E-state index contributed by atoms with van der Waals surface area (Å²) >= 11 is 3.20. The molecule has 0 aliphatic heterocycles. The third-order valence-electron chi connectivity index (χ3n) is 7.68. The van der Waals surface area contributed by atoms with E-state index in [1.807, 2.05) is 6.08 Å². The van der Waals surface area contributed by atoms with Gasteiger partial charge in [-0.2, -0.15) is 0 Å². The fourth-order valence-corrected chi connectivity index (χ4v) is 6.60. The van der Waals surface area contributed by atoms with Gasteiger partial charge in [0.2, 0.25) is 0 Å². The van der Waals surface area contributed by atoms with Crippen LogP contribution < -0.4 is 0 Å². The number of allylic oxidation sites excluding steroid dienone is 3. The number of carbonyl (C=O) groups excluding carboxylic acids is 2. The number of Topliss-reactive ketones (excluding diaryl/α,β-unsaturated/α-hetero) is 1. The summed E-state index contributed by atoms with van der Waals surface area (Å²) in [5, 5.41) is 4.08. The van der Waals surface area contributed by atoms with E-state index in [9.17, 15) is 9.59 Å². The fourth-order valence-electron chi connectivity index (χ4n) is 6.46. The molecule has 3 fully saturated rings. The van der Waals surface area contributed by atoms with Crippen LogP contribution in [0.4, 0.5) is 0 Å². The second-order valence-electron chi connectivity index (χ2n) is 8.58. The lowest BCUT2D eigenvalue weighted by molar-refractivity contribution is -0.131. The summed E-state index contributed by atoms with van der Waals surface area (Å²) in [5.74, 6) is 4.43. The molecular formula is C21H22BrN3O2. The van der Waals surface area contributed by atoms with Crippen LogP contribution in [0, 0.1) is 39.3 Å². The minimum Gasteiger partial charge on any atom is -0.299 e. The van der Waals surface area contributed by atoms with Crippen LogP contribution in [0.25, 0.3) is 10.4 Å². The molecule has 27 heavy (non-hydrogen) atoms. The average Bonchev–Trinajstić information content (AvgIpc) is 2.96. The Morgan fingerprint density at radius 3 is 2.93 bits per heavy atom. The van der Waals surface area contributed by atoms with Gasteiger partial charge in [-0.05, 0) is 71.5 Å². The maximum Gasteiger partial charge on any atom is 0.178 e. The number of hydrogen-bond donors (Lipinski definition) is 0. The third kappa shape index (κ3) is 2.63. The predicted octanol–water partition coefficient (Wildman–Crippen LogP) is 4.88. The molecular weight excluding hydrogens is 406 g/mol. The van der Waals surface area contributed by atoms with Crippen LogP contribution in [-0.4, -0.2) is 17.6 Å². The van der Waals surface area contributed by atoms with Crippen molar-refractivity contribution in [2.45, 2.75) is 51.5 Å². The molecule has 0 aromatic carbocycles. The van der Waals surface area contributed by atoms with Crippen LogP contribution in [0.3, 0.4) is 0 Å². The molecule has 0 aromatic heterocycles. The summed E-state index contributed by atoms with van der Waals surface area (Å²) in [6.07, 6.45) is 10.0. The first-order valence-electron chi connectivity index (χ1n) is 9.57. The highest BCUT2D eigenvalue weighted by Crippen LogP contribution is 2.64. The molecule has 0 unspecified atom stereocenters. The van der Waals surface area contributed by atoms with E-state index >= 15 is 0 Å². The van der Waals surface area contributed by atoms with Crippen molar-refractivity contribution < 1.29 is 9.59 Å². The molecule has 6 atom stereocenters. The van der Waals surface area contributed by atoms with E-state index in [1.54, 1.807) is 12.2 Å². The van der Waals surface area contributed by atoms with E-state index in [0.717, 1.165) is 31.3 Å². The minimum absolute atomic E-state index is 0.0549. The summed E-state index contributed by atoms with van der Waals surface area (Å²) in [5.41, 5.74) is 9.43. The lowest BCUT2D eigenvalue weighted by atomic mass is 9.46. The van der Waals surface area contributed by atoms with Gasteiger partial charge < -0.3 is 0 Å². The standard InChI is InChI=1S/C21H22BrN3O2/c1-20-8-6-16-14(15(20)3-4-19(20)27)12-18(24-25-23)17-11-13(26)5-9-21(16,17)7-2-10-22/h5,9,11,14-16,18H,3-4,6-8,12H2,1H3/t14-,15-,16-,18-,20-,21+/m0/s1. The summed E-state index contributed by atoms with van der Waals surface area (Å²) in [6, 6.07) is -0.347. The molecule has 5 nitrogen and oxygen atoms in total. The van der Waals surface area contributed by atoms with Crippen molar-refractivity contribution in [2.24, 2.45) is 33.7 Å². The molecule has 0 N–H and O–H groups in total. The number of halogens is 1. The maximum absolute atomic E-state index is 12.6. The zero-order valence-corrected chi connectivity index (χ0v) is 16.9. The molecule has 4 aliphatic carbocycles. The fraction of sp³-hybridized carbons (Fsp3) is 0.619. The Labute approximate surface area is 167 Å². The zero-order valence-electron chi connectivity index (χ0n) is 15.3. The van der Waals surface area contributed by atoms with Crippen molar-refractivity contribution in [3.05, 3.63) is 34.2 Å². The molecule has 4 aliphatic rings. The summed E-state index contributed by atoms with van der Waals surface area (Å²) in [6.45, 7) is 2.13. The SMILES string of the molecule is C[C@]12CC[C@H]3[C@@H](C[C@H](N=[N+]=[N-])C4=CC(=O)C=C[C@@]43CC#CBr)[C@@H]1CCC2=O. The molecule has 0 bridgehead atoms. The Morgan fingerprint density at radius 2 is 2.19 bits per heavy atom. The number of rotatable bonds is 2. The van der Waals surface area contributed by atoms with E-state index in [2.05, 4.69) is 43.6 Å². The molecule has 0 radical (unpaired) electrons. The quantitative estimate of drug-likeness (QED) is 0.272. The Hall–Kier alpha value is -1.83. The van der Waals surface area contributed by atoms with Crippen LogP contribution in [0.15, 0.2) is 28.9 Å². The summed E-state index contributed by atoms with van der Waals surface area (Å²) in [4.78, 5) is 30.6. The minimum atomic E-state index is -0.385. The van der Waals surface area contributed by atoms with Gasteiger partial charge in [0.1, 0.15) is 5.78 Å². The van der Waals surface area contributed by atoms with E-state index in [-0.39, 0.29) is 22.7 Å². The van der Waals surface area contributed by atoms with Crippen molar-refractivity contribution in [1.29, 1.82) is 0 Å². The van der Waals surface area contributed by atoms with Gasteiger partial charge in [0, 0.05) is 44.5 Å². The largest absolute Gasteiger partial charge is 0.299 e. The zero-order chi connectivity index (χ0) is 19.2. The van der Waals surface area contributed by atoms with Gasteiger partial charge in [-0.1, -0.05) is 24.0 Å². The van der Waals surface area contributed by atoms with Crippen LogP contribution in [0.1, 0.15) is 45.4 Å². The normalized spacial score (nSPS) is 42.1. The highest BCUT2D eigenvalue weighted by molar-refractivity contribution is 9.12. The Morgan fingerprint density at radius 1 is 1.37 bits per heavy atom. The van der Waals surface area contributed by atoms with Gasteiger partial charge in [-0.25, -0.2) is 0 Å². The van der Waals surface area contributed by atoms with Gasteiger partial charge in [-0.15, -0.1) is 0 Å². The molecule has 6 heteroatoms. The third-order valence-corrected chi connectivity index (χ3v) is 7.96. The van der Waals surface area contributed by atoms with Crippen molar-refractivity contribution >= 4 is 27.5 Å². The van der Waals surface area contributed by atoms with Crippen molar-refractivity contribution in [3.63, 3.8) is 0 Å². The van der Waals surface area contributed by atoms with Gasteiger partial charge >= 0.3 is 0 Å². The molecule has 0 heterocycles. The predicted molar refractivity (Wildman–Crippen MR) is 106 cm³/mol. The first-order chi connectivity index (χ1) is 13.0. The van der Waals surface area contributed by atoms with E-state index in [1.165, 1.54) is 0 Å². The molecule has 0 saturated heterocycles. The highest BCUT2D eigenvalue weighted by atomic mass is 79.9. The molecule has 4 rings (SSSR count). The van der Waals surface area contributed by atoms with Gasteiger partial charge in [0.05, 0.1) is 6.04 Å². The van der Waals surface area contributed by atoms with Gasteiger partial charge in [-0.3, -0.25) is 9.59 Å². The summed E-state index contributed by atoms with van der Waals surface area (Å²) in [7, 11) is 0. The molecule has 3 saturated carbocycles. The number of carbonyl (C=O) groups is 2. The highest BCUT2D eigenvalue weighted by Gasteiger charge is 2.61.